The third-order valence-corrected chi connectivity index (χ3v) is 11.2. The zero-order valence-electron chi connectivity index (χ0n) is 30.1. The molecular formula is C50H32N5O+. The summed E-state index contributed by atoms with van der Waals surface area (Å²) < 4.78 is 15.7. The van der Waals surface area contributed by atoms with E-state index in [0.29, 0.717) is 0 Å². The van der Waals surface area contributed by atoms with Crippen LogP contribution in [0.4, 0.5) is 0 Å². The summed E-state index contributed by atoms with van der Waals surface area (Å²) in [6.07, 6.45) is 2.08. The van der Waals surface area contributed by atoms with Gasteiger partial charge in [0.25, 0.3) is 12.2 Å². The van der Waals surface area contributed by atoms with E-state index in [-0.39, 0.29) is 0 Å². The summed E-state index contributed by atoms with van der Waals surface area (Å²) >= 11 is 0. The summed E-state index contributed by atoms with van der Waals surface area (Å²) in [5.41, 5.74) is 11.4. The van der Waals surface area contributed by atoms with Crippen molar-refractivity contribution in [2.24, 2.45) is 0 Å². The van der Waals surface area contributed by atoms with E-state index in [1.54, 1.807) is 0 Å². The number of benzene rings is 8. The first kappa shape index (κ1) is 30.7. The maximum Gasteiger partial charge on any atom is 0.277 e. The van der Waals surface area contributed by atoms with Crippen LogP contribution in [-0.2, 0) is 0 Å². The molecule has 0 aliphatic carbocycles. The van der Waals surface area contributed by atoms with Gasteiger partial charge in [-0.25, -0.2) is 0 Å². The number of hydrogen-bond donors (Lipinski definition) is 0. The average molecular weight is 719 g/mol. The van der Waals surface area contributed by atoms with Gasteiger partial charge in [-0.15, -0.1) is 0 Å². The SMILES string of the molecule is c1ccc(-c2n[n+](-c3ccccc3)cn2-c2ccc3c4ccccc4n(-c4ccccc4-n4c5ccccc5c5ccc6c7ccccc7oc6c54)c3c2)cc1. The van der Waals surface area contributed by atoms with Gasteiger partial charge >= 0.3 is 0 Å². The van der Waals surface area contributed by atoms with Gasteiger partial charge in [0.05, 0.1) is 33.4 Å². The van der Waals surface area contributed by atoms with Crippen molar-refractivity contribution < 1.29 is 9.10 Å². The minimum absolute atomic E-state index is 0.858. The van der Waals surface area contributed by atoms with Crippen molar-refractivity contribution in [2.75, 3.05) is 0 Å². The Morgan fingerprint density at radius 2 is 1.02 bits per heavy atom. The van der Waals surface area contributed by atoms with Gasteiger partial charge in [0.15, 0.2) is 11.3 Å². The number of para-hydroxylation sites is 6. The lowest BCUT2D eigenvalue weighted by Crippen LogP contribution is -2.31. The van der Waals surface area contributed by atoms with Crippen LogP contribution in [-0.4, -0.2) is 18.8 Å². The minimum Gasteiger partial charge on any atom is -0.454 e. The molecule has 12 rings (SSSR count). The molecule has 0 amide bonds. The van der Waals surface area contributed by atoms with E-state index in [2.05, 4.69) is 178 Å². The number of rotatable bonds is 5. The van der Waals surface area contributed by atoms with E-state index in [9.17, 15) is 0 Å². The first-order valence-electron chi connectivity index (χ1n) is 18.9. The van der Waals surface area contributed by atoms with Crippen molar-refractivity contribution in [3.8, 4) is 34.1 Å². The molecule has 0 aliphatic heterocycles. The quantitative estimate of drug-likeness (QED) is 0.166. The summed E-state index contributed by atoms with van der Waals surface area (Å²) in [7, 11) is 0. The van der Waals surface area contributed by atoms with Gasteiger partial charge < -0.3 is 13.6 Å². The van der Waals surface area contributed by atoms with E-state index in [1.165, 1.54) is 16.2 Å². The Kier molecular flexibility index (Phi) is 6.53. The molecule has 0 spiro atoms. The third-order valence-electron chi connectivity index (χ3n) is 11.2. The summed E-state index contributed by atoms with van der Waals surface area (Å²) in [6.45, 7) is 0. The van der Waals surface area contributed by atoms with Gasteiger partial charge in [0, 0.05) is 43.9 Å². The molecule has 0 aliphatic rings. The third kappa shape index (κ3) is 4.44. The van der Waals surface area contributed by atoms with E-state index in [1.807, 2.05) is 35.0 Å². The van der Waals surface area contributed by atoms with Crippen LogP contribution < -0.4 is 4.68 Å². The van der Waals surface area contributed by atoms with Crippen molar-refractivity contribution in [1.29, 1.82) is 0 Å². The van der Waals surface area contributed by atoms with Crippen molar-refractivity contribution >= 4 is 65.6 Å². The fourth-order valence-electron chi connectivity index (χ4n) is 8.71. The Hall–Kier alpha value is -7.70. The van der Waals surface area contributed by atoms with Crippen LogP contribution >= 0.6 is 0 Å². The van der Waals surface area contributed by atoms with E-state index in [0.717, 1.165) is 83.5 Å². The molecule has 0 saturated carbocycles. The van der Waals surface area contributed by atoms with Crippen LogP contribution in [0.25, 0.3) is 99.7 Å². The average Bonchev–Trinajstić information content (AvgIpc) is 4.04. The number of aromatic nitrogens is 5. The van der Waals surface area contributed by atoms with E-state index in [4.69, 9.17) is 9.52 Å². The highest BCUT2D eigenvalue weighted by molar-refractivity contribution is 6.21. The normalized spacial score (nSPS) is 11.9. The second-order valence-electron chi connectivity index (χ2n) is 14.3. The van der Waals surface area contributed by atoms with Gasteiger partial charge in [-0.2, -0.15) is 4.57 Å². The minimum atomic E-state index is 0.858. The van der Waals surface area contributed by atoms with Crippen molar-refractivity contribution in [3.05, 3.63) is 194 Å². The van der Waals surface area contributed by atoms with Crippen molar-refractivity contribution in [1.82, 2.24) is 18.8 Å². The van der Waals surface area contributed by atoms with Crippen LogP contribution in [0.1, 0.15) is 0 Å². The first-order chi connectivity index (χ1) is 27.8. The maximum atomic E-state index is 6.74. The van der Waals surface area contributed by atoms with Crippen LogP contribution in [0.15, 0.2) is 199 Å². The van der Waals surface area contributed by atoms with Crippen LogP contribution in [0, 0.1) is 0 Å². The Bertz CT molecular complexity index is 3480. The van der Waals surface area contributed by atoms with Crippen LogP contribution in [0.3, 0.4) is 0 Å². The smallest absolute Gasteiger partial charge is 0.277 e. The number of hydrogen-bond acceptors (Lipinski definition) is 2. The first-order valence-corrected chi connectivity index (χ1v) is 18.9. The van der Waals surface area contributed by atoms with Crippen LogP contribution in [0.5, 0.6) is 0 Å². The largest absolute Gasteiger partial charge is 0.454 e. The Balaban J connectivity index is 1.15. The predicted molar refractivity (Wildman–Crippen MR) is 226 cm³/mol. The molecule has 0 fully saturated rings. The number of furan rings is 1. The summed E-state index contributed by atoms with van der Waals surface area (Å²) in [6, 6.07) is 66.4. The van der Waals surface area contributed by atoms with Gasteiger partial charge in [-0.1, -0.05) is 114 Å². The Morgan fingerprint density at radius 1 is 0.446 bits per heavy atom. The molecule has 8 aromatic carbocycles. The lowest BCUT2D eigenvalue weighted by atomic mass is 10.1. The van der Waals surface area contributed by atoms with Gasteiger partial charge in [-0.05, 0) is 77.9 Å². The summed E-state index contributed by atoms with van der Waals surface area (Å²) in [5.74, 6) is 0.858. The van der Waals surface area contributed by atoms with Gasteiger partial charge in [-0.3, -0.25) is 0 Å². The molecule has 0 atom stereocenters. The van der Waals surface area contributed by atoms with Gasteiger partial charge in [0.2, 0.25) is 0 Å². The highest BCUT2D eigenvalue weighted by Gasteiger charge is 2.25. The van der Waals surface area contributed by atoms with Crippen molar-refractivity contribution in [3.63, 3.8) is 0 Å². The standard InChI is InChI=1S/C50H32N5O/c1-3-15-33(16-4-1)50-51-53(34-17-5-2-6-18-34)32-52(50)35-27-28-38-36-19-7-10-22-42(36)54(46(38)31-35)44-24-12-13-25-45(44)55-43-23-11-8-20-37(43)40-29-30-41-39-21-9-14-26-47(39)56-49(41)48(40)55/h1-32H/q+1. The molecule has 0 bridgehead atoms. The van der Waals surface area contributed by atoms with Crippen molar-refractivity contribution in [2.45, 2.75) is 0 Å². The van der Waals surface area contributed by atoms with E-state index >= 15 is 0 Å². The number of nitrogens with zero attached hydrogens (tertiary/aromatic N) is 5. The monoisotopic (exact) mass is 718 g/mol. The molecule has 12 aromatic rings. The maximum absolute atomic E-state index is 6.74. The van der Waals surface area contributed by atoms with Crippen LogP contribution in [0.2, 0.25) is 0 Å². The lowest BCUT2D eigenvalue weighted by Gasteiger charge is -2.16. The zero-order valence-corrected chi connectivity index (χ0v) is 30.1. The summed E-state index contributed by atoms with van der Waals surface area (Å²) in [5, 5.41) is 12.1. The highest BCUT2D eigenvalue weighted by atomic mass is 16.3. The molecule has 0 N–H and O–H groups in total. The lowest BCUT2D eigenvalue weighted by molar-refractivity contribution is -0.656. The molecule has 4 heterocycles. The Morgan fingerprint density at radius 3 is 1.80 bits per heavy atom. The molecule has 6 nitrogen and oxygen atoms in total. The topological polar surface area (TPSA) is 44.7 Å². The molecule has 0 unspecified atom stereocenters. The van der Waals surface area contributed by atoms with E-state index < -0.39 is 0 Å². The molecule has 56 heavy (non-hydrogen) atoms. The molecule has 262 valence electrons. The second-order valence-corrected chi connectivity index (χ2v) is 14.3. The molecular weight excluding hydrogens is 687 g/mol. The highest BCUT2D eigenvalue weighted by Crippen LogP contribution is 2.42. The Labute approximate surface area is 320 Å². The second kappa shape index (κ2) is 11.9. The van der Waals surface area contributed by atoms with Gasteiger partial charge in [0.1, 0.15) is 11.3 Å². The zero-order chi connectivity index (χ0) is 36.7. The fraction of sp³-hybridized carbons (Fsp3) is 0. The summed E-state index contributed by atoms with van der Waals surface area (Å²) in [4.78, 5) is 0. The molecule has 6 heteroatoms. The predicted octanol–water partition coefficient (Wildman–Crippen LogP) is 11.9. The fourth-order valence-corrected chi connectivity index (χ4v) is 8.71. The molecule has 4 aromatic heterocycles. The molecule has 0 saturated heterocycles. The number of fused-ring (bicyclic) bond motifs is 10. The molecule has 0 radical (unpaired) electrons.